The van der Waals surface area contributed by atoms with Gasteiger partial charge >= 0.3 is 21.3 Å². The number of piperidine rings is 1. The molecule has 8 nitrogen and oxygen atoms in total. The first-order chi connectivity index (χ1) is 10.0. The van der Waals surface area contributed by atoms with Gasteiger partial charge in [0.2, 0.25) is 0 Å². The molecule has 0 spiro atoms. The topological polar surface area (TPSA) is 107 Å². The Kier molecular flexibility index (Phi) is 5.57. The maximum Gasteiger partial charge on any atom is 0.467 e. The van der Waals surface area contributed by atoms with Gasteiger partial charge in [-0.3, -0.25) is 9.59 Å². The van der Waals surface area contributed by atoms with Gasteiger partial charge in [0, 0.05) is 12.8 Å². The number of rotatable bonds is 6. The number of amides is 2. The number of hydrogen-bond acceptors (Lipinski definition) is 7. The number of esters is 1. The predicted molar refractivity (Wildman–Crippen MR) is 66.5 cm³/mol. The molecule has 1 aliphatic heterocycles. The summed E-state index contributed by atoms with van der Waals surface area (Å²) in [4.78, 5) is 34.1. The van der Waals surface area contributed by atoms with Crippen molar-refractivity contribution >= 4 is 27.9 Å². The molecule has 0 bridgehead atoms. The first kappa shape index (κ1) is 18.4. The van der Waals surface area contributed by atoms with E-state index in [-0.39, 0.29) is 30.2 Å². The van der Waals surface area contributed by atoms with E-state index in [0.29, 0.717) is 0 Å². The Labute approximate surface area is 125 Å². The number of hydrogen-bond donors (Lipinski definition) is 0. The lowest BCUT2D eigenvalue weighted by molar-refractivity contribution is -0.180. The summed E-state index contributed by atoms with van der Waals surface area (Å²) in [6, 6.07) is 0. The average Bonchev–Trinajstić information content (AvgIpc) is 2.39. The van der Waals surface area contributed by atoms with Crippen molar-refractivity contribution in [2.75, 3.05) is 6.61 Å². The van der Waals surface area contributed by atoms with Gasteiger partial charge in [0.25, 0.3) is 11.8 Å². The van der Waals surface area contributed by atoms with Crippen molar-refractivity contribution in [3.8, 4) is 0 Å². The Hall–Kier alpha value is -1.62. The van der Waals surface area contributed by atoms with Crippen LogP contribution < -0.4 is 0 Å². The van der Waals surface area contributed by atoms with Crippen molar-refractivity contribution in [1.29, 1.82) is 0 Å². The highest BCUT2D eigenvalue weighted by molar-refractivity contribution is 7.88. The fourth-order valence-corrected chi connectivity index (χ4v) is 2.30. The summed E-state index contributed by atoms with van der Waals surface area (Å²) in [7, 11) is -5.90. The Balaban J connectivity index is 2.92. The maximum absolute atomic E-state index is 13.6. The third-order valence-corrected chi connectivity index (χ3v) is 3.80. The Bertz CT molecular complexity index is 557. The minimum Gasteiger partial charge on any atom is -0.460 e. The van der Waals surface area contributed by atoms with Crippen LogP contribution in [0.1, 0.15) is 33.1 Å². The Morgan fingerprint density at radius 1 is 1.32 bits per heavy atom. The van der Waals surface area contributed by atoms with Crippen molar-refractivity contribution < 1.29 is 40.6 Å². The summed E-state index contributed by atoms with van der Waals surface area (Å²) >= 11 is 0. The molecule has 0 aromatic rings. The molecule has 1 heterocycles. The lowest BCUT2D eigenvalue weighted by Crippen LogP contribution is -2.49. The summed E-state index contributed by atoms with van der Waals surface area (Å²) in [5.41, 5.74) is 0. The van der Waals surface area contributed by atoms with Crippen LogP contribution in [0.25, 0.3) is 0 Å². The molecular weight excluding hydrogens is 328 g/mol. The maximum atomic E-state index is 13.6. The summed E-state index contributed by atoms with van der Waals surface area (Å²) in [6.45, 7) is 2.66. The molecule has 22 heavy (non-hydrogen) atoms. The largest absolute Gasteiger partial charge is 0.467 e. The Morgan fingerprint density at radius 3 is 2.27 bits per heavy atom. The van der Waals surface area contributed by atoms with Gasteiger partial charge in [-0.2, -0.15) is 17.2 Å². The highest BCUT2D eigenvalue weighted by Gasteiger charge is 2.58. The van der Waals surface area contributed by atoms with Crippen molar-refractivity contribution in [3.63, 3.8) is 0 Å². The number of ether oxygens (including phenoxy) is 1. The van der Waals surface area contributed by atoms with Gasteiger partial charge < -0.3 is 4.74 Å². The number of nitrogens with zero attached hydrogens (tertiary/aromatic N) is 1. The van der Waals surface area contributed by atoms with E-state index < -0.39 is 39.8 Å². The predicted octanol–water partition coefficient (Wildman–Crippen LogP) is 0.579. The van der Waals surface area contributed by atoms with Crippen molar-refractivity contribution in [3.05, 3.63) is 0 Å². The smallest absolute Gasteiger partial charge is 0.460 e. The van der Waals surface area contributed by atoms with Crippen LogP contribution in [0.3, 0.4) is 0 Å². The van der Waals surface area contributed by atoms with Crippen LogP contribution in [0, 0.1) is 5.92 Å². The second-order valence-corrected chi connectivity index (χ2v) is 6.35. The van der Waals surface area contributed by atoms with E-state index in [1.807, 2.05) is 0 Å². The van der Waals surface area contributed by atoms with Crippen LogP contribution in [0.4, 0.5) is 8.78 Å². The van der Waals surface area contributed by atoms with Crippen LogP contribution in [-0.4, -0.2) is 43.1 Å². The van der Waals surface area contributed by atoms with Gasteiger partial charge in [0.05, 0.1) is 6.61 Å². The number of imide groups is 1. The van der Waals surface area contributed by atoms with E-state index in [1.54, 1.807) is 6.92 Å². The zero-order chi connectivity index (χ0) is 17.1. The normalized spacial score (nSPS) is 17.7. The minimum absolute atomic E-state index is 0.198. The fraction of sp³-hybridized carbons (Fsp3) is 0.727. The van der Waals surface area contributed by atoms with Gasteiger partial charge in [-0.15, -0.1) is 9.35 Å². The van der Waals surface area contributed by atoms with Crippen LogP contribution >= 0.6 is 0 Å². The van der Waals surface area contributed by atoms with Gasteiger partial charge in [-0.25, -0.2) is 4.79 Å². The van der Waals surface area contributed by atoms with E-state index >= 15 is 0 Å². The summed E-state index contributed by atoms with van der Waals surface area (Å²) < 4.78 is 58.0. The van der Waals surface area contributed by atoms with E-state index in [0.717, 1.165) is 0 Å². The Morgan fingerprint density at radius 2 is 1.82 bits per heavy atom. The number of halogens is 2. The first-order valence-electron chi connectivity index (χ1n) is 6.38. The van der Waals surface area contributed by atoms with Gasteiger partial charge in [0.1, 0.15) is 0 Å². The molecule has 0 aromatic carbocycles. The molecule has 0 aliphatic carbocycles. The number of hydroxylamine groups is 2. The molecule has 0 N–H and O–H groups in total. The SMILES string of the molecule is CCCOC(=O)C(F)(F)S(=O)(=O)ON1C(=O)CC(C)CC1=O. The molecule has 2 amide bonds. The monoisotopic (exact) mass is 343 g/mol. The molecule has 0 atom stereocenters. The molecule has 0 unspecified atom stereocenters. The van der Waals surface area contributed by atoms with Crippen LogP contribution in [0.2, 0.25) is 0 Å². The quantitative estimate of drug-likeness (QED) is 0.513. The second kappa shape index (κ2) is 6.65. The zero-order valence-electron chi connectivity index (χ0n) is 11.9. The van der Waals surface area contributed by atoms with Crippen molar-refractivity contribution in [2.45, 2.75) is 38.4 Å². The van der Waals surface area contributed by atoms with E-state index in [2.05, 4.69) is 9.02 Å². The molecule has 0 saturated carbocycles. The van der Waals surface area contributed by atoms with E-state index in [9.17, 15) is 31.6 Å². The van der Waals surface area contributed by atoms with Gasteiger partial charge in [-0.05, 0) is 12.3 Å². The van der Waals surface area contributed by atoms with Crippen LogP contribution in [-0.2, 0) is 33.5 Å². The summed E-state index contributed by atoms with van der Waals surface area (Å²) in [5, 5.41) is -5.29. The molecule has 0 aromatic heterocycles. The molecule has 1 rings (SSSR count). The fourth-order valence-electron chi connectivity index (χ4n) is 1.58. The molecule has 1 aliphatic rings. The molecule has 11 heteroatoms. The minimum atomic E-state index is -5.90. The van der Waals surface area contributed by atoms with Crippen molar-refractivity contribution in [2.24, 2.45) is 5.92 Å². The van der Waals surface area contributed by atoms with Crippen LogP contribution in [0.15, 0.2) is 0 Å². The lowest BCUT2D eigenvalue weighted by Gasteiger charge is -2.27. The third kappa shape index (κ3) is 3.77. The number of carbonyl (C=O) groups excluding carboxylic acids is 3. The lowest BCUT2D eigenvalue weighted by atomic mass is 9.99. The molecule has 0 radical (unpaired) electrons. The first-order valence-corrected chi connectivity index (χ1v) is 7.78. The number of carbonyl (C=O) groups is 3. The van der Waals surface area contributed by atoms with E-state index in [1.165, 1.54) is 6.92 Å². The summed E-state index contributed by atoms with van der Waals surface area (Å²) in [6.07, 6.45) is -0.288. The highest BCUT2D eigenvalue weighted by Crippen LogP contribution is 2.28. The third-order valence-electron chi connectivity index (χ3n) is 2.66. The van der Waals surface area contributed by atoms with E-state index in [4.69, 9.17) is 0 Å². The van der Waals surface area contributed by atoms with Gasteiger partial charge in [-0.1, -0.05) is 13.8 Å². The van der Waals surface area contributed by atoms with Gasteiger partial charge in [0.15, 0.2) is 0 Å². The number of alkyl halides is 2. The molecular formula is C11H15F2NO7S. The molecule has 126 valence electrons. The standard InChI is InChI=1S/C11H15F2NO7S/c1-3-4-20-10(17)11(12,13)22(18,19)21-14-8(15)5-7(2)6-9(14)16/h7H,3-6H2,1-2H3. The highest BCUT2D eigenvalue weighted by atomic mass is 32.2. The van der Waals surface area contributed by atoms with Crippen molar-refractivity contribution in [1.82, 2.24) is 5.06 Å². The average molecular weight is 343 g/mol. The molecule has 1 saturated heterocycles. The zero-order valence-corrected chi connectivity index (χ0v) is 12.7. The second-order valence-electron chi connectivity index (χ2n) is 4.78. The van der Waals surface area contributed by atoms with Crippen LogP contribution in [0.5, 0.6) is 0 Å². The summed E-state index contributed by atoms with van der Waals surface area (Å²) in [5.74, 6) is -4.85. The molecule has 1 fully saturated rings.